The van der Waals surface area contributed by atoms with Gasteiger partial charge in [-0.25, -0.2) is 4.98 Å². The van der Waals surface area contributed by atoms with Crippen molar-refractivity contribution in [3.05, 3.63) is 40.0 Å². The van der Waals surface area contributed by atoms with Crippen molar-refractivity contribution in [1.29, 1.82) is 0 Å². The summed E-state index contributed by atoms with van der Waals surface area (Å²) in [5, 5.41) is 5.99. The van der Waals surface area contributed by atoms with Gasteiger partial charge in [-0.05, 0) is 42.8 Å². The van der Waals surface area contributed by atoms with E-state index in [2.05, 4.69) is 69.5 Å². The van der Waals surface area contributed by atoms with Gasteiger partial charge in [0.15, 0.2) is 0 Å². The van der Waals surface area contributed by atoms with E-state index in [1.807, 2.05) is 0 Å². The van der Waals surface area contributed by atoms with Crippen molar-refractivity contribution >= 4 is 23.9 Å². The van der Waals surface area contributed by atoms with Crippen molar-refractivity contribution in [1.82, 2.24) is 10.3 Å². The molecule has 3 heteroatoms. The number of aromatic nitrogens is 1. The maximum absolute atomic E-state index is 5.57. The van der Waals surface area contributed by atoms with E-state index in [9.17, 15) is 0 Å². The summed E-state index contributed by atoms with van der Waals surface area (Å²) >= 11 is 0. The average Bonchev–Trinajstić information content (AvgIpc) is 2.55. The number of fused-ring (bicyclic) bond motifs is 2. The number of hydrogen-bond acceptors (Lipinski definition) is 3. The Morgan fingerprint density at radius 2 is 1.73 bits per heavy atom. The average molecular weight is 352 g/mol. The molecule has 2 aliphatic rings. The van der Waals surface area contributed by atoms with Gasteiger partial charge in [0.2, 0.25) is 0 Å². The van der Waals surface area contributed by atoms with Crippen LogP contribution in [-0.4, -0.2) is 18.1 Å². The highest BCUT2D eigenvalue weighted by molar-refractivity contribution is 5.71. The fourth-order valence-corrected chi connectivity index (χ4v) is 3.70. The van der Waals surface area contributed by atoms with Gasteiger partial charge in [0.05, 0.1) is 16.7 Å². The van der Waals surface area contributed by atoms with E-state index in [4.69, 9.17) is 10.7 Å². The minimum atomic E-state index is 0.0339. The van der Waals surface area contributed by atoms with Gasteiger partial charge in [-0.3, -0.25) is 0 Å². The monoisotopic (exact) mass is 351 g/mol. The van der Waals surface area contributed by atoms with E-state index in [0.29, 0.717) is 0 Å². The zero-order valence-corrected chi connectivity index (χ0v) is 16.7. The van der Waals surface area contributed by atoms with Gasteiger partial charge in [-0.15, -0.1) is 0 Å². The number of unbranched alkanes of at least 4 members (excludes halogenated alkanes) is 3. The molecule has 0 spiro atoms. The first-order valence-corrected chi connectivity index (χ1v) is 9.93. The number of hydrogen-bond donors (Lipinski definition) is 2. The molecular weight excluding hydrogens is 318 g/mol. The van der Waals surface area contributed by atoms with Crippen molar-refractivity contribution in [2.24, 2.45) is 16.6 Å². The van der Waals surface area contributed by atoms with Gasteiger partial charge in [0, 0.05) is 22.9 Å². The molecule has 0 saturated heterocycles. The van der Waals surface area contributed by atoms with Gasteiger partial charge >= 0.3 is 0 Å². The maximum atomic E-state index is 5.57. The summed E-state index contributed by atoms with van der Waals surface area (Å²) in [5.74, 6) is 0. The van der Waals surface area contributed by atoms with E-state index in [1.54, 1.807) is 0 Å². The molecule has 26 heavy (non-hydrogen) atoms. The number of pyridine rings is 1. The van der Waals surface area contributed by atoms with E-state index >= 15 is 0 Å². The lowest BCUT2D eigenvalue weighted by Crippen LogP contribution is -2.33. The molecule has 0 radical (unpaired) electrons. The normalized spacial score (nSPS) is 18.9. The fourth-order valence-electron chi connectivity index (χ4n) is 3.70. The Kier molecular flexibility index (Phi) is 5.38. The van der Waals surface area contributed by atoms with Crippen molar-refractivity contribution in [2.75, 3.05) is 13.1 Å². The molecule has 0 aromatic carbocycles. The molecule has 1 aromatic rings. The molecule has 3 N–H and O–H groups in total. The summed E-state index contributed by atoms with van der Waals surface area (Å²) in [4.78, 5) is 5.04. The van der Waals surface area contributed by atoms with Gasteiger partial charge in [0.25, 0.3) is 0 Å². The Hall–Kier alpha value is -1.87. The molecule has 0 saturated carbocycles. The largest absolute Gasteiger partial charge is 0.384 e. The maximum Gasteiger partial charge on any atom is 0.0934 e. The predicted octanol–water partition coefficient (Wildman–Crippen LogP) is 3.19. The minimum absolute atomic E-state index is 0.0339. The Morgan fingerprint density at radius 3 is 2.50 bits per heavy atom. The Morgan fingerprint density at radius 1 is 0.962 bits per heavy atom. The van der Waals surface area contributed by atoms with Gasteiger partial charge in [0.1, 0.15) is 0 Å². The highest BCUT2D eigenvalue weighted by Crippen LogP contribution is 2.28. The molecule has 0 unspecified atom stereocenters. The molecule has 0 atom stereocenters. The van der Waals surface area contributed by atoms with Crippen molar-refractivity contribution in [2.45, 2.75) is 53.4 Å². The first-order valence-electron chi connectivity index (χ1n) is 9.93. The smallest absolute Gasteiger partial charge is 0.0934 e. The summed E-state index contributed by atoms with van der Waals surface area (Å²) in [7, 11) is 0. The summed E-state index contributed by atoms with van der Waals surface area (Å²) in [6.07, 6.45) is 16.1. The first kappa shape index (κ1) is 18.9. The molecule has 0 aliphatic heterocycles. The van der Waals surface area contributed by atoms with Crippen LogP contribution < -0.4 is 21.6 Å². The number of nitrogens with one attached hydrogen (secondary N) is 1. The van der Waals surface area contributed by atoms with Crippen LogP contribution >= 0.6 is 0 Å². The first-order chi connectivity index (χ1) is 12.3. The summed E-state index contributed by atoms with van der Waals surface area (Å²) < 4.78 is 0. The Bertz CT molecular complexity index is 841. The van der Waals surface area contributed by atoms with Crippen molar-refractivity contribution in [3.8, 4) is 0 Å². The lowest BCUT2D eigenvalue weighted by atomic mass is 9.84. The van der Waals surface area contributed by atoms with Crippen LogP contribution in [0.2, 0.25) is 0 Å². The molecule has 3 nitrogen and oxygen atoms in total. The molecule has 3 rings (SSSR count). The van der Waals surface area contributed by atoms with Gasteiger partial charge in [-0.1, -0.05) is 58.8 Å². The second-order valence-corrected chi connectivity index (χ2v) is 8.85. The van der Waals surface area contributed by atoms with E-state index in [-0.39, 0.29) is 10.8 Å². The molecule has 1 heterocycles. The highest BCUT2D eigenvalue weighted by atomic mass is 14.9. The molecule has 140 valence electrons. The summed E-state index contributed by atoms with van der Waals surface area (Å²) in [6, 6.07) is 2.29. The third-order valence-electron chi connectivity index (χ3n) is 5.06. The van der Waals surface area contributed by atoms with E-state index in [1.165, 1.54) is 35.7 Å². The third kappa shape index (κ3) is 4.45. The van der Waals surface area contributed by atoms with Crippen LogP contribution in [0.1, 0.15) is 64.6 Å². The lowest BCUT2D eigenvalue weighted by molar-refractivity contribution is 0.624. The highest BCUT2D eigenvalue weighted by Gasteiger charge is 2.22. The predicted molar refractivity (Wildman–Crippen MR) is 113 cm³/mol. The lowest BCUT2D eigenvalue weighted by Gasteiger charge is -2.25. The number of nitrogens with two attached hydrogens (primary N) is 1. The molecular formula is C23H33N3. The number of allylic oxidation sites excluding steroid dienone is 2. The molecule has 0 bridgehead atoms. The van der Waals surface area contributed by atoms with Crippen LogP contribution in [0, 0.1) is 10.8 Å². The number of nitrogens with zero attached hydrogens (tertiary/aromatic N) is 1. The van der Waals surface area contributed by atoms with Crippen LogP contribution in [0.5, 0.6) is 0 Å². The molecule has 2 aliphatic carbocycles. The van der Waals surface area contributed by atoms with E-state index in [0.717, 1.165) is 30.6 Å². The van der Waals surface area contributed by atoms with Crippen LogP contribution in [0.3, 0.4) is 0 Å². The second kappa shape index (κ2) is 7.40. The second-order valence-electron chi connectivity index (χ2n) is 8.85. The summed E-state index contributed by atoms with van der Waals surface area (Å²) in [5.41, 5.74) is 9.16. The number of rotatable bonds is 7. The van der Waals surface area contributed by atoms with Gasteiger partial charge in [-0.2, -0.15) is 0 Å². The zero-order valence-electron chi connectivity index (χ0n) is 16.7. The van der Waals surface area contributed by atoms with Crippen molar-refractivity contribution in [3.63, 3.8) is 0 Å². The Labute approximate surface area is 157 Å². The fraction of sp³-hybridized carbons (Fsp3) is 0.522. The third-order valence-corrected chi connectivity index (χ3v) is 5.06. The minimum Gasteiger partial charge on any atom is -0.384 e. The van der Waals surface area contributed by atoms with E-state index < -0.39 is 0 Å². The van der Waals surface area contributed by atoms with Crippen LogP contribution in [0.4, 0.5) is 0 Å². The topological polar surface area (TPSA) is 50.9 Å². The molecule has 0 amide bonds. The summed E-state index contributed by atoms with van der Waals surface area (Å²) in [6.45, 7) is 10.7. The standard InChI is InChI=1S/C23H33N3/c1-22(2)10-9-17-13-18-14-23(3,4)16-20(21(18)26-19(17)15-22)25-12-8-6-5-7-11-24/h9-10,13-16,25H,5-8,11-12,24H2,1-4H3. The Balaban J connectivity index is 1.86. The van der Waals surface area contributed by atoms with Gasteiger partial charge < -0.3 is 11.1 Å². The molecule has 0 fully saturated rings. The van der Waals surface area contributed by atoms with Crippen LogP contribution in [0.15, 0.2) is 18.2 Å². The quantitative estimate of drug-likeness (QED) is 0.742. The van der Waals surface area contributed by atoms with Crippen LogP contribution in [-0.2, 0) is 0 Å². The van der Waals surface area contributed by atoms with Crippen LogP contribution in [0.25, 0.3) is 23.9 Å². The van der Waals surface area contributed by atoms with Crippen molar-refractivity contribution < 1.29 is 0 Å². The SMILES string of the molecule is CC1(C)C=C(NCCCCCCN)c2nc3c(cc2=C1)C=CC(C)(C)C=3. The molecule has 1 aromatic heterocycles. The zero-order chi connectivity index (χ0) is 18.8.